The Morgan fingerprint density at radius 3 is 2.80 bits per heavy atom. The van der Waals surface area contributed by atoms with E-state index in [2.05, 4.69) is 28.4 Å². The van der Waals surface area contributed by atoms with E-state index < -0.39 is 6.09 Å². The zero-order valence-corrected chi connectivity index (χ0v) is 9.82. The van der Waals surface area contributed by atoms with Gasteiger partial charge in [0.2, 0.25) is 0 Å². The Hall–Kier alpha value is -1.08. The summed E-state index contributed by atoms with van der Waals surface area (Å²) in [7, 11) is 0. The first-order valence-electron chi connectivity index (χ1n) is 4.80. The molecule has 0 spiro atoms. The molecule has 0 aromatic carbocycles. The second kappa shape index (κ2) is 8.25. The standard InChI is InChI=1S/C8H18N4O2S/c1-3-4-5-14-8(13)10-6(2)11-12-7(9)15/h6,11H,3-5H2,1-2H3,(H,10,13)(H3,9,12,15). The van der Waals surface area contributed by atoms with Gasteiger partial charge in [0, 0.05) is 0 Å². The molecule has 7 heteroatoms. The molecule has 0 bridgehead atoms. The van der Waals surface area contributed by atoms with E-state index in [9.17, 15) is 4.79 Å². The number of hydrogen-bond acceptors (Lipinski definition) is 4. The quantitative estimate of drug-likeness (QED) is 0.227. The molecule has 0 saturated heterocycles. The predicted molar refractivity (Wildman–Crippen MR) is 61.9 cm³/mol. The minimum absolute atomic E-state index is 0.114. The molecule has 0 fully saturated rings. The summed E-state index contributed by atoms with van der Waals surface area (Å²) in [5.41, 5.74) is 10.4. The third-order valence-electron chi connectivity index (χ3n) is 1.48. The van der Waals surface area contributed by atoms with E-state index in [0.29, 0.717) is 6.61 Å². The Morgan fingerprint density at radius 1 is 1.60 bits per heavy atom. The van der Waals surface area contributed by atoms with Gasteiger partial charge in [-0.1, -0.05) is 13.3 Å². The van der Waals surface area contributed by atoms with Crippen LogP contribution in [0.1, 0.15) is 26.7 Å². The molecule has 0 heterocycles. The third-order valence-corrected chi connectivity index (χ3v) is 1.58. The topological polar surface area (TPSA) is 88.4 Å². The number of hydrogen-bond donors (Lipinski definition) is 4. The molecule has 1 atom stereocenters. The average molecular weight is 234 g/mol. The number of rotatable bonds is 6. The molecule has 1 amide bonds. The summed E-state index contributed by atoms with van der Waals surface area (Å²) >= 11 is 4.57. The van der Waals surface area contributed by atoms with Gasteiger partial charge in [-0.25, -0.2) is 10.2 Å². The van der Waals surface area contributed by atoms with E-state index in [1.165, 1.54) is 0 Å². The Morgan fingerprint density at radius 2 is 2.27 bits per heavy atom. The van der Waals surface area contributed by atoms with Gasteiger partial charge in [0.25, 0.3) is 0 Å². The molecule has 0 radical (unpaired) electrons. The van der Waals surface area contributed by atoms with Crippen LogP contribution < -0.4 is 21.9 Å². The van der Waals surface area contributed by atoms with Crippen molar-refractivity contribution in [2.45, 2.75) is 32.9 Å². The van der Waals surface area contributed by atoms with Crippen molar-refractivity contribution < 1.29 is 9.53 Å². The van der Waals surface area contributed by atoms with Gasteiger partial charge in [0.1, 0.15) is 0 Å². The minimum atomic E-state index is -0.465. The van der Waals surface area contributed by atoms with Gasteiger partial charge in [0.15, 0.2) is 5.11 Å². The highest BCUT2D eigenvalue weighted by Gasteiger charge is 2.06. The van der Waals surface area contributed by atoms with Gasteiger partial charge in [-0.15, -0.1) is 0 Å². The van der Waals surface area contributed by atoms with E-state index in [1.807, 2.05) is 6.92 Å². The maximum atomic E-state index is 11.1. The minimum Gasteiger partial charge on any atom is -0.450 e. The van der Waals surface area contributed by atoms with Gasteiger partial charge < -0.3 is 15.8 Å². The van der Waals surface area contributed by atoms with Crippen LogP contribution in [0, 0.1) is 0 Å². The SMILES string of the molecule is CCCCOC(=O)NC(C)NNC(N)=S. The molecule has 0 aliphatic rings. The molecule has 0 rings (SSSR count). The lowest BCUT2D eigenvalue weighted by Gasteiger charge is -2.16. The van der Waals surface area contributed by atoms with Gasteiger partial charge in [0.05, 0.1) is 12.8 Å². The van der Waals surface area contributed by atoms with Gasteiger partial charge in [-0.05, 0) is 25.6 Å². The van der Waals surface area contributed by atoms with E-state index in [1.54, 1.807) is 6.92 Å². The Kier molecular flexibility index (Phi) is 7.65. The van der Waals surface area contributed by atoms with Crippen LogP contribution in [-0.4, -0.2) is 24.0 Å². The molecule has 0 saturated carbocycles. The summed E-state index contributed by atoms with van der Waals surface area (Å²) in [5, 5.41) is 2.66. The fourth-order valence-electron chi connectivity index (χ4n) is 0.743. The fourth-order valence-corrected chi connectivity index (χ4v) is 0.802. The number of nitrogens with one attached hydrogen (secondary N) is 3. The Labute approximate surface area is 94.9 Å². The summed E-state index contributed by atoms with van der Waals surface area (Å²) in [4.78, 5) is 11.1. The second-order valence-corrected chi connectivity index (χ2v) is 3.43. The van der Waals surface area contributed by atoms with Crippen LogP contribution in [-0.2, 0) is 4.74 Å². The van der Waals surface area contributed by atoms with Crippen LogP contribution in [0.25, 0.3) is 0 Å². The lowest BCUT2D eigenvalue weighted by atomic mass is 10.4. The number of hydrazine groups is 1. The maximum Gasteiger partial charge on any atom is 0.408 e. The van der Waals surface area contributed by atoms with Crippen LogP contribution in [0.4, 0.5) is 4.79 Å². The number of carbonyl (C=O) groups excluding carboxylic acids is 1. The van der Waals surface area contributed by atoms with Crippen molar-refractivity contribution in [2.75, 3.05) is 6.61 Å². The molecule has 0 aliphatic carbocycles. The second-order valence-electron chi connectivity index (χ2n) is 2.99. The summed E-state index contributed by atoms with van der Waals surface area (Å²) in [6.45, 7) is 4.18. The number of amides is 1. The number of unbranched alkanes of at least 4 members (excludes halogenated alkanes) is 1. The maximum absolute atomic E-state index is 11.1. The summed E-state index contributed by atoms with van der Waals surface area (Å²) in [5.74, 6) is 0. The first-order valence-corrected chi connectivity index (χ1v) is 5.21. The number of nitrogens with two attached hydrogens (primary N) is 1. The van der Waals surface area contributed by atoms with Crippen molar-refractivity contribution in [1.29, 1.82) is 0 Å². The van der Waals surface area contributed by atoms with Crippen molar-refractivity contribution in [3.05, 3.63) is 0 Å². The molecule has 0 aromatic heterocycles. The van der Waals surface area contributed by atoms with E-state index in [0.717, 1.165) is 12.8 Å². The normalized spacial score (nSPS) is 11.6. The number of thiocarbonyl (C=S) groups is 1. The first kappa shape index (κ1) is 13.9. The van der Waals surface area contributed by atoms with Crippen molar-refractivity contribution in [3.63, 3.8) is 0 Å². The van der Waals surface area contributed by atoms with Crippen molar-refractivity contribution in [2.24, 2.45) is 5.73 Å². The summed E-state index contributed by atoms with van der Waals surface area (Å²) < 4.78 is 4.88. The van der Waals surface area contributed by atoms with Gasteiger partial charge in [-0.3, -0.25) is 5.43 Å². The molecule has 15 heavy (non-hydrogen) atoms. The van der Waals surface area contributed by atoms with Crippen LogP contribution >= 0.6 is 12.2 Å². The molecule has 0 aromatic rings. The zero-order valence-electron chi connectivity index (χ0n) is 9.00. The highest BCUT2D eigenvalue weighted by Crippen LogP contribution is 1.88. The van der Waals surface area contributed by atoms with Crippen molar-refractivity contribution >= 4 is 23.4 Å². The lowest BCUT2D eigenvalue weighted by Crippen LogP contribution is -2.52. The molecule has 0 aliphatic heterocycles. The van der Waals surface area contributed by atoms with Crippen molar-refractivity contribution in [1.82, 2.24) is 16.2 Å². The third kappa shape index (κ3) is 9.23. The highest BCUT2D eigenvalue weighted by atomic mass is 32.1. The largest absolute Gasteiger partial charge is 0.450 e. The Bertz CT molecular complexity index is 213. The number of carbonyl (C=O) groups is 1. The van der Waals surface area contributed by atoms with Gasteiger partial charge >= 0.3 is 6.09 Å². The highest BCUT2D eigenvalue weighted by molar-refractivity contribution is 7.80. The van der Waals surface area contributed by atoms with E-state index in [-0.39, 0.29) is 11.3 Å². The van der Waals surface area contributed by atoms with Crippen molar-refractivity contribution in [3.8, 4) is 0 Å². The number of ether oxygens (including phenoxy) is 1. The molecule has 5 N–H and O–H groups in total. The van der Waals surface area contributed by atoms with Gasteiger partial charge in [-0.2, -0.15) is 0 Å². The van der Waals surface area contributed by atoms with Crippen LogP contribution in [0.2, 0.25) is 0 Å². The summed E-state index contributed by atoms with van der Waals surface area (Å²) in [6.07, 6.45) is 1.07. The molecular formula is C8H18N4O2S. The van der Waals surface area contributed by atoms with E-state index in [4.69, 9.17) is 10.5 Å². The predicted octanol–water partition coefficient (Wildman–Crippen LogP) is 0.197. The zero-order chi connectivity index (χ0) is 11.7. The fraction of sp³-hybridized carbons (Fsp3) is 0.750. The monoisotopic (exact) mass is 234 g/mol. The van der Waals surface area contributed by atoms with Crippen LogP contribution in [0.5, 0.6) is 0 Å². The molecular weight excluding hydrogens is 216 g/mol. The van der Waals surface area contributed by atoms with Crippen LogP contribution in [0.3, 0.4) is 0 Å². The molecule has 6 nitrogen and oxygen atoms in total. The average Bonchev–Trinajstić information content (AvgIpc) is 2.15. The smallest absolute Gasteiger partial charge is 0.408 e. The first-order chi connectivity index (χ1) is 7.06. The van der Waals surface area contributed by atoms with E-state index >= 15 is 0 Å². The number of alkyl carbamates (subject to hydrolysis) is 1. The van der Waals surface area contributed by atoms with Crippen LogP contribution in [0.15, 0.2) is 0 Å². The Balaban J connectivity index is 3.53. The molecule has 88 valence electrons. The molecule has 1 unspecified atom stereocenters. The lowest BCUT2D eigenvalue weighted by molar-refractivity contribution is 0.139. The summed E-state index contributed by atoms with van der Waals surface area (Å²) in [6, 6.07) is 0.